The Bertz CT molecular complexity index is 800. The maximum atomic E-state index is 12.9. The summed E-state index contributed by atoms with van der Waals surface area (Å²) in [5.41, 5.74) is 1.91. The third-order valence-corrected chi connectivity index (χ3v) is 6.13. The van der Waals surface area contributed by atoms with Crippen LogP contribution in [0.5, 0.6) is 0 Å². The highest BCUT2D eigenvalue weighted by atomic mass is 32.2. The van der Waals surface area contributed by atoms with Crippen molar-refractivity contribution < 1.29 is 8.42 Å². The van der Waals surface area contributed by atoms with Crippen molar-refractivity contribution in [3.05, 3.63) is 36.3 Å². The first-order valence-electron chi connectivity index (χ1n) is 6.87. The van der Waals surface area contributed by atoms with Crippen LogP contribution in [0.1, 0.15) is 30.1 Å². The van der Waals surface area contributed by atoms with E-state index in [1.165, 1.54) is 12.7 Å². The van der Waals surface area contributed by atoms with Gasteiger partial charge >= 0.3 is 0 Å². The molecule has 2 aliphatic heterocycles. The summed E-state index contributed by atoms with van der Waals surface area (Å²) in [4.78, 5) is 12.4. The number of nitrogens with zero attached hydrogens (tertiary/aromatic N) is 5. The summed E-state index contributed by atoms with van der Waals surface area (Å²) in [6.07, 6.45) is 8.66. The van der Waals surface area contributed by atoms with Crippen molar-refractivity contribution in [1.82, 2.24) is 23.8 Å². The SMILES string of the molecule is Cn1cnc(S(=O)(=O)N2C3CCC2c2cncnc2C3)c1. The lowest BCUT2D eigenvalue weighted by Gasteiger charge is -2.33. The molecular formula is C13H15N5O2S. The van der Waals surface area contributed by atoms with Gasteiger partial charge in [-0.15, -0.1) is 0 Å². The molecule has 2 bridgehead atoms. The minimum atomic E-state index is -3.57. The largest absolute Gasteiger partial charge is 0.339 e. The van der Waals surface area contributed by atoms with Crippen molar-refractivity contribution in [2.45, 2.75) is 36.4 Å². The molecule has 4 rings (SSSR count). The number of aryl methyl sites for hydroxylation is 1. The third kappa shape index (κ3) is 1.82. The van der Waals surface area contributed by atoms with Gasteiger partial charge in [0.05, 0.1) is 18.1 Å². The Morgan fingerprint density at radius 3 is 2.90 bits per heavy atom. The van der Waals surface area contributed by atoms with E-state index < -0.39 is 10.0 Å². The van der Waals surface area contributed by atoms with Crippen LogP contribution in [0.3, 0.4) is 0 Å². The fraction of sp³-hybridized carbons (Fsp3) is 0.462. The number of fused-ring (bicyclic) bond motifs is 4. The van der Waals surface area contributed by atoms with Gasteiger partial charge in [0.1, 0.15) is 6.33 Å². The van der Waals surface area contributed by atoms with Crippen LogP contribution < -0.4 is 0 Å². The van der Waals surface area contributed by atoms with Gasteiger partial charge in [-0.3, -0.25) is 0 Å². The van der Waals surface area contributed by atoms with Crippen LogP contribution in [0, 0.1) is 0 Å². The highest BCUT2D eigenvalue weighted by Crippen LogP contribution is 2.45. The lowest BCUT2D eigenvalue weighted by atomic mass is 10.0. The van der Waals surface area contributed by atoms with E-state index in [4.69, 9.17) is 0 Å². The van der Waals surface area contributed by atoms with Crippen molar-refractivity contribution in [2.24, 2.45) is 7.05 Å². The van der Waals surface area contributed by atoms with Gasteiger partial charge in [0, 0.05) is 37.5 Å². The van der Waals surface area contributed by atoms with E-state index in [-0.39, 0.29) is 17.1 Å². The highest BCUT2D eigenvalue weighted by molar-refractivity contribution is 7.89. The van der Waals surface area contributed by atoms with Gasteiger partial charge in [-0.1, -0.05) is 0 Å². The molecule has 2 atom stereocenters. The van der Waals surface area contributed by atoms with Crippen molar-refractivity contribution in [2.75, 3.05) is 0 Å². The average Bonchev–Trinajstić information content (AvgIpc) is 3.03. The minimum absolute atomic E-state index is 0.0237. The second kappa shape index (κ2) is 4.35. The Morgan fingerprint density at radius 2 is 2.14 bits per heavy atom. The summed E-state index contributed by atoms with van der Waals surface area (Å²) in [7, 11) is -1.81. The molecule has 0 N–H and O–H groups in total. The number of hydrogen-bond donors (Lipinski definition) is 0. The van der Waals surface area contributed by atoms with Gasteiger partial charge in [-0.05, 0) is 12.8 Å². The van der Waals surface area contributed by atoms with Crippen LogP contribution in [0.25, 0.3) is 0 Å². The standard InChI is InChI=1S/C13H15N5O2S/c1-17-6-13(16-8-17)21(19,20)18-9-2-3-12(18)10-5-14-7-15-11(10)4-9/h5-9,12H,2-4H2,1H3. The van der Waals surface area contributed by atoms with Gasteiger partial charge < -0.3 is 4.57 Å². The molecule has 1 saturated heterocycles. The Balaban J connectivity index is 1.81. The second-order valence-electron chi connectivity index (χ2n) is 5.59. The van der Waals surface area contributed by atoms with Crippen LogP contribution in [-0.4, -0.2) is 38.3 Å². The van der Waals surface area contributed by atoms with Crippen LogP contribution >= 0.6 is 0 Å². The van der Waals surface area contributed by atoms with E-state index >= 15 is 0 Å². The minimum Gasteiger partial charge on any atom is -0.339 e. The molecule has 0 aromatic carbocycles. The number of rotatable bonds is 2. The zero-order chi connectivity index (χ0) is 14.6. The summed E-state index contributed by atoms with van der Waals surface area (Å²) in [5, 5.41) is 0.113. The zero-order valence-electron chi connectivity index (χ0n) is 11.5. The second-order valence-corrected chi connectivity index (χ2v) is 7.38. The molecule has 110 valence electrons. The summed E-state index contributed by atoms with van der Waals surface area (Å²) < 4.78 is 29.0. The Labute approximate surface area is 122 Å². The molecule has 7 nitrogen and oxygen atoms in total. The first-order valence-corrected chi connectivity index (χ1v) is 8.31. The number of imidazole rings is 1. The maximum Gasteiger partial charge on any atom is 0.262 e. The van der Waals surface area contributed by atoms with Crippen molar-refractivity contribution in [3.63, 3.8) is 0 Å². The molecule has 0 aliphatic carbocycles. The number of hydrogen-bond acceptors (Lipinski definition) is 5. The predicted molar refractivity (Wildman–Crippen MR) is 73.7 cm³/mol. The Morgan fingerprint density at radius 1 is 1.29 bits per heavy atom. The van der Waals surface area contributed by atoms with E-state index in [1.807, 2.05) is 0 Å². The van der Waals surface area contributed by atoms with E-state index in [1.54, 1.807) is 28.3 Å². The van der Waals surface area contributed by atoms with Gasteiger partial charge in [-0.25, -0.2) is 23.4 Å². The summed E-state index contributed by atoms with van der Waals surface area (Å²) >= 11 is 0. The molecule has 0 spiro atoms. The fourth-order valence-electron chi connectivity index (χ4n) is 3.38. The molecule has 21 heavy (non-hydrogen) atoms. The fourth-order valence-corrected chi connectivity index (χ4v) is 5.20. The van der Waals surface area contributed by atoms with Gasteiger partial charge in [0.25, 0.3) is 10.0 Å². The molecule has 2 aromatic heterocycles. The van der Waals surface area contributed by atoms with E-state index in [0.717, 1.165) is 24.1 Å². The molecular weight excluding hydrogens is 290 g/mol. The molecule has 8 heteroatoms. The summed E-state index contributed by atoms with van der Waals surface area (Å²) in [6, 6.07) is -0.184. The Kier molecular flexibility index (Phi) is 2.67. The monoisotopic (exact) mass is 305 g/mol. The number of sulfonamides is 1. The lowest BCUT2D eigenvalue weighted by molar-refractivity contribution is 0.299. The first kappa shape index (κ1) is 12.9. The first-order chi connectivity index (χ1) is 10.1. The molecule has 0 amide bonds. The van der Waals surface area contributed by atoms with E-state index in [2.05, 4.69) is 15.0 Å². The summed E-state index contributed by atoms with van der Waals surface area (Å²) in [5.74, 6) is 0. The average molecular weight is 305 g/mol. The normalized spacial score (nSPS) is 25.0. The highest BCUT2D eigenvalue weighted by Gasteiger charge is 2.47. The molecule has 2 aliphatic rings. The molecule has 0 saturated carbocycles. The quantitative estimate of drug-likeness (QED) is 0.814. The Hall–Kier alpha value is -1.80. The van der Waals surface area contributed by atoms with Crippen LogP contribution in [0.15, 0.2) is 30.1 Å². The molecule has 2 aromatic rings. The van der Waals surface area contributed by atoms with E-state index in [9.17, 15) is 8.42 Å². The third-order valence-electron chi connectivity index (χ3n) is 4.28. The molecule has 1 fully saturated rings. The van der Waals surface area contributed by atoms with Gasteiger partial charge in [0.2, 0.25) is 0 Å². The zero-order valence-corrected chi connectivity index (χ0v) is 12.4. The van der Waals surface area contributed by atoms with E-state index in [0.29, 0.717) is 6.42 Å². The lowest BCUT2D eigenvalue weighted by Crippen LogP contribution is -2.42. The van der Waals surface area contributed by atoms with Crippen molar-refractivity contribution in [1.29, 1.82) is 0 Å². The van der Waals surface area contributed by atoms with Gasteiger partial charge in [0.15, 0.2) is 5.03 Å². The number of aromatic nitrogens is 4. The summed E-state index contributed by atoms with van der Waals surface area (Å²) in [6.45, 7) is 0. The van der Waals surface area contributed by atoms with Crippen molar-refractivity contribution in [3.8, 4) is 0 Å². The predicted octanol–water partition coefficient (Wildman–Crippen LogP) is 0.661. The topological polar surface area (TPSA) is 81.0 Å². The van der Waals surface area contributed by atoms with Crippen molar-refractivity contribution >= 4 is 10.0 Å². The molecule has 0 radical (unpaired) electrons. The molecule has 2 unspecified atom stereocenters. The maximum absolute atomic E-state index is 12.9. The molecule has 4 heterocycles. The smallest absolute Gasteiger partial charge is 0.262 e. The van der Waals surface area contributed by atoms with Crippen LogP contribution in [0.4, 0.5) is 0 Å². The van der Waals surface area contributed by atoms with Crippen LogP contribution in [-0.2, 0) is 23.5 Å². The van der Waals surface area contributed by atoms with Crippen LogP contribution in [0.2, 0.25) is 0 Å². The van der Waals surface area contributed by atoms with Gasteiger partial charge in [-0.2, -0.15) is 4.31 Å².